The van der Waals surface area contributed by atoms with Gasteiger partial charge in [-0.3, -0.25) is 0 Å². The van der Waals surface area contributed by atoms with Crippen LogP contribution >= 0.6 is 0 Å². The summed E-state index contributed by atoms with van der Waals surface area (Å²) in [7, 11) is 0. The van der Waals surface area contributed by atoms with Crippen molar-refractivity contribution in [1.29, 1.82) is 0 Å². The molecule has 0 radical (unpaired) electrons. The molecule has 10 aromatic carbocycles. The van der Waals surface area contributed by atoms with Crippen molar-refractivity contribution in [3.8, 4) is 11.1 Å². The minimum atomic E-state index is 0.842. The lowest BCUT2D eigenvalue weighted by Crippen LogP contribution is -2.11. The lowest BCUT2D eigenvalue weighted by atomic mass is 9.96. The molecular weight excluding hydrogens is 733 g/mol. The zero-order valence-electron chi connectivity index (χ0n) is 32.5. The van der Waals surface area contributed by atoms with Crippen molar-refractivity contribution in [3.63, 3.8) is 0 Å². The third kappa shape index (κ3) is 5.46. The summed E-state index contributed by atoms with van der Waals surface area (Å²) in [6, 6.07) is 77.3. The monoisotopic (exact) mass is 768 g/mol. The van der Waals surface area contributed by atoms with Crippen LogP contribution in [0.15, 0.2) is 227 Å². The molecule has 0 spiro atoms. The van der Waals surface area contributed by atoms with E-state index in [1.165, 1.54) is 5.39 Å². The van der Waals surface area contributed by atoms with E-state index in [0.29, 0.717) is 0 Å². The Bertz CT molecular complexity index is 3550. The lowest BCUT2D eigenvalue weighted by Gasteiger charge is -2.27. The SMILES string of the molecule is c1ccc(-c2ccccc2N(c2ccccc2)c2ccc3c(c2)oc2c4ccc(N(c5ccccc5)c5ccc6oc7ccccc7c6c5)cc4c4ccccc4c32)cc1. The Balaban J connectivity index is 1.05. The predicted molar refractivity (Wildman–Crippen MR) is 251 cm³/mol. The Morgan fingerprint density at radius 1 is 0.283 bits per heavy atom. The van der Waals surface area contributed by atoms with Crippen molar-refractivity contribution >= 4 is 99.5 Å². The average molecular weight is 769 g/mol. The first-order chi connectivity index (χ1) is 29.8. The van der Waals surface area contributed by atoms with Gasteiger partial charge in [-0.15, -0.1) is 0 Å². The lowest BCUT2D eigenvalue weighted by molar-refractivity contribution is 0.669. The number of hydrogen-bond acceptors (Lipinski definition) is 4. The molecule has 0 saturated heterocycles. The average Bonchev–Trinajstić information content (AvgIpc) is 3.89. The maximum absolute atomic E-state index is 7.05. The highest BCUT2D eigenvalue weighted by Gasteiger charge is 2.22. The molecule has 4 heteroatoms. The minimum Gasteiger partial charge on any atom is -0.456 e. The molecule has 60 heavy (non-hydrogen) atoms. The molecule has 2 aromatic heterocycles. The highest BCUT2D eigenvalue weighted by Crippen LogP contribution is 2.47. The van der Waals surface area contributed by atoms with Crippen LogP contribution in [0.25, 0.3) is 76.5 Å². The molecule has 0 unspecified atom stereocenters. The molecule has 0 aliphatic carbocycles. The minimum absolute atomic E-state index is 0.842. The molecule has 0 fully saturated rings. The van der Waals surface area contributed by atoms with E-state index < -0.39 is 0 Å². The van der Waals surface area contributed by atoms with Crippen LogP contribution in [0.1, 0.15) is 0 Å². The summed E-state index contributed by atoms with van der Waals surface area (Å²) in [5.41, 5.74) is 12.2. The van der Waals surface area contributed by atoms with Gasteiger partial charge in [0.05, 0.1) is 5.69 Å². The largest absolute Gasteiger partial charge is 0.456 e. The summed E-state index contributed by atoms with van der Waals surface area (Å²) in [6.45, 7) is 0. The van der Waals surface area contributed by atoms with Crippen LogP contribution in [0.4, 0.5) is 34.1 Å². The van der Waals surface area contributed by atoms with Gasteiger partial charge >= 0.3 is 0 Å². The summed E-state index contributed by atoms with van der Waals surface area (Å²) in [5, 5.41) is 8.96. The standard InChI is InChI=1S/C56H36N2O2/c1-4-16-37(17-5-1)43-22-12-14-26-51(43)58(39-20-8-3-9-21-39)42-29-32-48-54(36-42)60-56-47-31-28-40(34-49(47)44-23-10-11-25-46(44)55(48)56)57(38-18-6-2-7-19-38)41-30-33-53-50(35-41)45-24-13-15-27-52(45)59-53/h1-36H. The number of para-hydroxylation sites is 4. The van der Waals surface area contributed by atoms with E-state index in [-0.39, 0.29) is 0 Å². The van der Waals surface area contributed by atoms with Crippen molar-refractivity contribution in [2.45, 2.75) is 0 Å². The Kier molecular flexibility index (Phi) is 7.82. The first-order valence-corrected chi connectivity index (χ1v) is 20.3. The van der Waals surface area contributed by atoms with Gasteiger partial charge < -0.3 is 18.6 Å². The molecule has 282 valence electrons. The van der Waals surface area contributed by atoms with Crippen molar-refractivity contribution in [2.24, 2.45) is 0 Å². The number of nitrogens with zero attached hydrogens (tertiary/aromatic N) is 2. The topological polar surface area (TPSA) is 32.8 Å². The van der Waals surface area contributed by atoms with Gasteiger partial charge in [-0.1, -0.05) is 127 Å². The molecule has 12 aromatic rings. The maximum Gasteiger partial charge on any atom is 0.143 e. The van der Waals surface area contributed by atoms with Crippen molar-refractivity contribution in [3.05, 3.63) is 218 Å². The van der Waals surface area contributed by atoms with Gasteiger partial charge in [0.25, 0.3) is 0 Å². The highest BCUT2D eigenvalue weighted by molar-refractivity contribution is 6.30. The van der Waals surface area contributed by atoms with E-state index in [1.807, 2.05) is 12.1 Å². The maximum atomic E-state index is 7.05. The number of benzene rings is 10. The summed E-state index contributed by atoms with van der Waals surface area (Å²) in [5.74, 6) is 0. The molecule has 0 atom stereocenters. The summed E-state index contributed by atoms with van der Waals surface area (Å²) >= 11 is 0. The molecule has 0 aliphatic rings. The number of rotatable bonds is 7. The number of fused-ring (bicyclic) bond motifs is 11. The molecule has 12 rings (SSSR count). The summed E-state index contributed by atoms with van der Waals surface area (Å²) in [6.07, 6.45) is 0. The first-order valence-electron chi connectivity index (χ1n) is 20.3. The predicted octanol–water partition coefficient (Wildman–Crippen LogP) is 16.4. The van der Waals surface area contributed by atoms with E-state index in [0.717, 1.165) is 105 Å². The van der Waals surface area contributed by atoms with Crippen LogP contribution < -0.4 is 9.80 Å². The normalized spacial score (nSPS) is 11.7. The fraction of sp³-hybridized carbons (Fsp3) is 0. The summed E-state index contributed by atoms with van der Waals surface area (Å²) < 4.78 is 13.3. The number of anilines is 6. The highest BCUT2D eigenvalue weighted by atomic mass is 16.3. The Hall–Kier alpha value is -8.08. The van der Waals surface area contributed by atoms with E-state index in [2.05, 4.69) is 216 Å². The number of hydrogen-bond donors (Lipinski definition) is 0. The third-order valence-electron chi connectivity index (χ3n) is 11.8. The van der Waals surface area contributed by atoms with Gasteiger partial charge in [-0.25, -0.2) is 0 Å². The van der Waals surface area contributed by atoms with E-state index in [1.54, 1.807) is 0 Å². The van der Waals surface area contributed by atoms with Crippen LogP contribution in [0.5, 0.6) is 0 Å². The molecule has 0 bridgehead atoms. The van der Waals surface area contributed by atoms with E-state index >= 15 is 0 Å². The van der Waals surface area contributed by atoms with Crippen molar-refractivity contribution < 1.29 is 8.83 Å². The second-order valence-electron chi connectivity index (χ2n) is 15.3. The van der Waals surface area contributed by atoms with Gasteiger partial charge in [0.15, 0.2) is 0 Å². The molecule has 4 nitrogen and oxygen atoms in total. The molecule has 0 N–H and O–H groups in total. The molecular formula is C56H36N2O2. The summed E-state index contributed by atoms with van der Waals surface area (Å²) in [4.78, 5) is 4.66. The van der Waals surface area contributed by atoms with Gasteiger partial charge in [-0.05, 0) is 107 Å². The molecule has 0 aliphatic heterocycles. The van der Waals surface area contributed by atoms with Crippen LogP contribution in [-0.2, 0) is 0 Å². The van der Waals surface area contributed by atoms with Gasteiger partial charge in [-0.2, -0.15) is 0 Å². The zero-order chi connectivity index (χ0) is 39.6. The van der Waals surface area contributed by atoms with Crippen LogP contribution in [-0.4, -0.2) is 0 Å². The van der Waals surface area contributed by atoms with E-state index in [9.17, 15) is 0 Å². The third-order valence-corrected chi connectivity index (χ3v) is 11.8. The molecule has 2 heterocycles. The van der Waals surface area contributed by atoms with Gasteiger partial charge in [0.1, 0.15) is 22.3 Å². The zero-order valence-corrected chi connectivity index (χ0v) is 32.5. The van der Waals surface area contributed by atoms with Gasteiger partial charge in [0.2, 0.25) is 0 Å². The van der Waals surface area contributed by atoms with Crippen molar-refractivity contribution in [2.75, 3.05) is 9.80 Å². The fourth-order valence-electron chi connectivity index (χ4n) is 9.12. The second kappa shape index (κ2) is 13.8. The second-order valence-corrected chi connectivity index (χ2v) is 15.3. The fourth-order valence-corrected chi connectivity index (χ4v) is 9.12. The Labute approximate surface area is 346 Å². The Morgan fingerprint density at radius 3 is 1.60 bits per heavy atom. The first kappa shape index (κ1) is 34.0. The smallest absolute Gasteiger partial charge is 0.143 e. The number of furan rings is 2. The van der Waals surface area contributed by atoms with Crippen LogP contribution in [0.3, 0.4) is 0 Å². The van der Waals surface area contributed by atoms with Crippen LogP contribution in [0, 0.1) is 0 Å². The quantitative estimate of drug-likeness (QED) is 0.151. The van der Waals surface area contributed by atoms with Gasteiger partial charge in [0, 0.05) is 67.0 Å². The molecule has 0 saturated carbocycles. The Morgan fingerprint density at radius 2 is 0.833 bits per heavy atom. The van der Waals surface area contributed by atoms with E-state index in [4.69, 9.17) is 8.83 Å². The van der Waals surface area contributed by atoms with Crippen LogP contribution in [0.2, 0.25) is 0 Å². The van der Waals surface area contributed by atoms with Crippen molar-refractivity contribution in [1.82, 2.24) is 0 Å². The molecule has 0 amide bonds.